The summed E-state index contributed by atoms with van der Waals surface area (Å²) in [4.78, 5) is 0. The topological polar surface area (TPSA) is 438 Å². The van der Waals surface area contributed by atoms with Gasteiger partial charge in [0.2, 0.25) is 11.2 Å². The number of benzene rings is 1. The second-order valence-corrected chi connectivity index (χ2v) is 16.2. The Bertz CT molecular complexity index is 1800. The lowest BCUT2D eigenvalue weighted by Crippen LogP contribution is -2.59. The number of rotatable bonds is 14. The van der Waals surface area contributed by atoms with Crippen LogP contribution in [0.15, 0.2) is 24.3 Å². The van der Waals surface area contributed by atoms with Crippen LogP contribution in [0.3, 0.4) is 0 Å². The van der Waals surface area contributed by atoms with E-state index in [0.717, 1.165) is 0 Å². The first-order valence-corrected chi connectivity index (χ1v) is 21.5. The number of aliphatic hydroxyl groups is 18. The van der Waals surface area contributed by atoms with Gasteiger partial charge in [0.05, 0.1) is 26.4 Å². The Balaban J connectivity index is 1.42. The van der Waals surface area contributed by atoms with Gasteiger partial charge >= 0.3 is 0 Å². The van der Waals surface area contributed by atoms with E-state index in [1.165, 1.54) is 24.3 Å². The summed E-state index contributed by atoms with van der Waals surface area (Å²) in [5.41, 5.74) is -5.14. The van der Waals surface area contributed by atoms with Gasteiger partial charge in [-0.3, -0.25) is 0 Å². The predicted octanol–water partition coefficient (Wildman–Crippen LogP) is -10.7. The third-order valence-electron chi connectivity index (χ3n) is 11.5. The second-order valence-electron chi connectivity index (χ2n) is 16.2. The molecule has 0 spiro atoms. The zero-order chi connectivity index (χ0) is 51.5. The van der Waals surface area contributed by atoms with Crippen LogP contribution in [0, 0.1) is 47.4 Å². The highest BCUT2D eigenvalue weighted by atomic mass is 16.7. The maximum atomic E-state index is 11.9. The van der Waals surface area contributed by atoms with Crippen molar-refractivity contribution in [2.75, 3.05) is 52.9 Å². The molecule has 4 aliphatic rings. The number of hydrogen-bond acceptors (Lipinski definition) is 26. The molecule has 0 saturated carbocycles. The Morgan fingerprint density at radius 2 is 0.543 bits per heavy atom. The molecular formula is C44H58O26. The summed E-state index contributed by atoms with van der Waals surface area (Å²) >= 11 is 0. The highest BCUT2D eigenvalue weighted by Gasteiger charge is 2.47. The van der Waals surface area contributed by atoms with Crippen molar-refractivity contribution in [1.29, 1.82) is 0 Å². The maximum absolute atomic E-state index is 11.9. The summed E-state index contributed by atoms with van der Waals surface area (Å²) in [5, 5.41) is 184. The fourth-order valence-electron chi connectivity index (χ4n) is 7.28. The lowest BCUT2D eigenvalue weighted by atomic mass is 9.89. The van der Waals surface area contributed by atoms with Gasteiger partial charge in [0.15, 0.2) is 25.2 Å². The molecular weight excluding hydrogens is 944 g/mol. The third-order valence-corrected chi connectivity index (χ3v) is 11.5. The SMILES string of the molecule is OC[C@H]1O[C@H](OCC#CC(O)(C#CCO[C@H]2O[C@H](CO)[C@@H](O)[C@H](O)[C@@H]2O)c2ccc(C(O)(C#CCO[C@H]3O[C@H](CO)[C@@H](O)[C@H](O)[C@@H]3O)C#CCO[C@H]3O[C@H](CO)[C@@H](O)[C@H](O)[C@@H]3O)cc2)[C@@H](O)[C@@H](O)[C@@H]1O. The van der Waals surface area contributed by atoms with E-state index in [4.69, 9.17) is 37.9 Å². The van der Waals surface area contributed by atoms with Crippen LogP contribution in [0.5, 0.6) is 0 Å². The molecule has 26 heteroatoms. The Morgan fingerprint density at radius 1 is 0.343 bits per heavy atom. The van der Waals surface area contributed by atoms with Crippen LogP contribution in [0.25, 0.3) is 0 Å². The summed E-state index contributed by atoms with van der Waals surface area (Å²) in [5.74, 6) is 19.9. The molecule has 4 fully saturated rings. The van der Waals surface area contributed by atoms with Crippen LogP contribution in [0.1, 0.15) is 11.1 Å². The van der Waals surface area contributed by atoms with E-state index in [9.17, 15) is 91.9 Å². The number of aliphatic hydroxyl groups excluding tert-OH is 16. The highest BCUT2D eigenvalue weighted by molar-refractivity contribution is 5.47. The van der Waals surface area contributed by atoms with Crippen molar-refractivity contribution < 1.29 is 130 Å². The van der Waals surface area contributed by atoms with Crippen molar-refractivity contribution in [3.8, 4) is 47.4 Å². The van der Waals surface area contributed by atoms with E-state index in [1.807, 2.05) is 0 Å². The Kier molecular flexibility index (Phi) is 21.2. The molecule has 0 unspecified atom stereocenters. The van der Waals surface area contributed by atoms with Crippen LogP contribution in [0.2, 0.25) is 0 Å². The lowest BCUT2D eigenvalue weighted by molar-refractivity contribution is -0.298. The van der Waals surface area contributed by atoms with E-state index in [1.54, 1.807) is 0 Å². The van der Waals surface area contributed by atoms with Gasteiger partial charge in [-0.15, -0.1) is 0 Å². The van der Waals surface area contributed by atoms with Gasteiger partial charge in [0, 0.05) is 11.1 Å². The zero-order valence-electron chi connectivity index (χ0n) is 36.8. The van der Waals surface area contributed by atoms with Crippen LogP contribution in [-0.4, -0.2) is 268 Å². The van der Waals surface area contributed by atoms with Gasteiger partial charge in [-0.25, -0.2) is 0 Å². The molecule has 1 aromatic carbocycles. The predicted molar refractivity (Wildman–Crippen MR) is 224 cm³/mol. The van der Waals surface area contributed by atoms with Gasteiger partial charge in [0.1, 0.15) is 124 Å². The van der Waals surface area contributed by atoms with E-state index >= 15 is 0 Å². The second kappa shape index (κ2) is 25.9. The molecule has 0 amide bonds. The average Bonchev–Trinajstić information content (AvgIpc) is 3.36. The molecule has 4 heterocycles. The summed E-state index contributed by atoms with van der Waals surface area (Å²) in [7, 11) is 0. The molecule has 0 aliphatic carbocycles. The highest BCUT2D eigenvalue weighted by Crippen LogP contribution is 2.28. The number of ether oxygens (including phenoxy) is 8. The molecule has 4 aliphatic heterocycles. The normalized spacial score (nSPS) is 38.5. The summed E-state index contributed by atoms with van der Waals surface area (Å²) in [6.07, 6.45) is -32.5. The molecule has 0 radical (unpaired) electrons. The first-order valence-electron chi connectivity index (χ1n) is 21.5. The van der Waals surface area contributed by atoms with Crippen molar-refractivity contribution in [2.24, 2.45) is 0 Å². The molecule has 26 nitrogen and oxygen atoms in total. The lowest BCUT2D eigenvalue weighted by Gasteiger charge is -2.39. The maximum Gasteiger partial charge on any atom is 0.214 e. The molecule has 0 bridgehead atoms. The van der Waals surface area contributed by atoms with E-state index in [-0.39, 0.29) is 11.1 Å². The standard InChI is InChI=1S/C44H58O26/c45-17-23-27(49)31(53)35(57)39(67-23)63-13-1-9-43(61,10-2-14-64-40-36(58)32(54)28(50)24(18-46)68-40)21-5-7-22(8-6-21)44(62,11-3-15-65-41-37(59)33(55)29(51)25(19-47)69-41)12-4-16-66-42-38(60)34(56)30(52)26(20-48)70-42/h5-8,23-42,45-62H,13-20H2/t23-,24-,25-,26-,27-,28-,29-,30-,31+,32+,33+,34+,35+,36+,37+,38+,39+,40+,41+,42+/m1/s1. The van der Waals surface area contributed by atoms with Gasteiger partial charge < -0.3 is 130 Å². The van der Waals surface area contributed by atoms with Gasteiger partial charge in [0.25, 0.3) is 0 Å². The quantitative estimate of drug-likeness (QED) is 0.0770. The van der Waals surface area contributed by atoms with Crippen molar-refractivity contribution >= 4 is 0 Å². The molecule has 390 valence electrons. The zero-order valence-corrected chi connectivity index (χ0v) is 36.8. The van der Waals surface area contributed by atoms with Crippen LogP contribution >= 0.6 is 0 Å². The van der Waals surface area contributed by atoms with E-state index in [2.05, 4.69) is 47.4 Å². The molecule has 0 aromatic heterocycles. The molecule has 4 saturated heterocycles. The Hall–Kier alpha value is -3.58. The smallest absolute Gasteiger partial charge is 0.214 e. The fraction of sp³-hybridized carbons (Fsp3) is 0.682. The van der Waals surface area contributed by atoms with Crippen molar-refractivity contribution in [1.82, 2.24) is 0 Å². The van der Waals surface area contributed by atoms with Crippen molar-refractivity contribution in [3.05, 3.63) is 35.4 Å². The van der Waals surface area contributed by atoms with E-state index < -0.39 is 187 Å². The van der Waals surface area contributed by atoms with Gasteiger partial charge in [-0.05, 0) is 23.7 Å². The fourth-order valence-corrected chi connectivity index (χ4v) is 7.28. The third kappa shape index (κ3) is 13.5. The average molecular weight is 1000 g/mol. The van der Waals surface area contributed by atoms with E-state index in [0.29, 0.717) is 0 Å². The summed E-state index contributed by atoms with van der Waals surface area (Å²) in [6.45, 7) is -5.45. The molecule has 20 atom stereocenters. The summed E-state index contributed by atoms with van der Waals surface area (Å²) in [6, 6.07) is 4.88. The monoisotopic (exact) mass is 1000 g/mol. The molecule has 1 aromatic rings. The largest absolute Gasteiger partial charge is 0.394 e. The first kappa shape index (κ1) is 57.3. The van der Waals surface area contributed by atoms with Crippen molar-refractivity contribution in [2.45, 2.75) is 134 Å². The Morgan fingerprint density at radius 3 is 0.729 bits per heavy atom. The van der Waals surface area contributed by atoms with Gasteiger partial charge in [-0.2, -0.15) is 0 Å². The van der Waals surface area contributed by atoms with Crippen LogP contribution in [0.4, 0.5) is 0 Å². The first-order chi connectivity index (χ1) is 33.2. The molecule has 18 N–H and O–H groups in total. The Labute approximate surface area is 398 Å². The van der Waals surface area contributed by atoms with Gasteiger partial charge in [-0.1, -0.05) is 47.9 Å². The minimum atomic E-state index is -2.47. The van der Waals surface area contributed by atoms with Crippen LogP contribution < -0.4 is 0 Å². The summed E-state index contributed by atoms with van der Waals surface area (Å²) < 4.78 is 42.8. The minimum absolute atomic E-state index is 0.0999. The van der Waals surface area contributed by atoms with Crippen LogP contribution in [-0.2, 0) is 49.1 Å². The minimum Gasteiger partial charge on any atom is -0.394 e. The van der Waals surface area contributed by atoms with Crippen molar-refractivity contribution in [3.63, 3.8) is 0 Å². The number of hydrogen-bond donors (Lipinski definition) is 18. The molecule has 70 heavy (non-hydrogen) atoms. The molecule has 5 rings (SSSR count).